The fourth-order valence-electron chi connectivity index (χ4n) is 3.89. The minimum atomic E-state index is -2.63. The van der Waals surface area contributed by atoms with E-state index in [1.807, 2.05) is 18.2 Å². The lowest BCUT2D eigenvalue weighted by molar-refractivity contribution is 0.142. The molecule has 0 unspecified atom stereocenters. The second-order valence-electron chi connectivity index (χ2n) is 7.44. The lowest BCUT2D eigenvalue weighted by Crippen LogP contribution is -2.34. The first-order valence-electron chi connectivity index (χ1n) is 10.1. The van der Waals surface area contributed by atoms with Crippen LogP contribution < -0.4 is 4.74 Å². The molecule has 0 aliphatic carbocycles. The summed E-state index contributed by atoms with van der Waals surface area (Å²) in [7, 11) is 1.65. The van der Waals surface area contributed by atoms with Gasteiger partial charge in [0.15, 0.2) is 0 Å². The van der Waals surface area contributed by atoms with Crippen LogP contribution >= 0.6 is 0 Å². The number of alkyl halides is 2. The Morgan fingerprint density at radius 1 is 1.23 bits per heavy atom. The van der Waals surface area contributed by atoms with Crippen LogP contribution in [0.2, 0.25) is 0 Å². The van der Waals surface area contributed by atoms with E-state index in [9.17, 15) is 8.78 Å². The number of rotatable bonds is 8. The molecule has 7 nitrogen and oxygen atoms in total. The van der Waals surface area contributed by atoms with Gasteiger partial charge in [-0.2, -0.15) is 14.6 Å². The lowest BCUT2D eigenvalue weighted by Gasteiger charge is -2.32. The van der Waals surface area contributed by atoms with Gasteiger partial charge in [0.2, 0.25) is 0 Å². The maximum atomic E-state index is 13.5. The Labute approximate surface area is 173 Å². The van der Waals surface area contributed by atoms with Crippen LogP contribution in [0.3, 0.4) is 0 Å². The molecular formula is C21H25F2N5O2. The highest BCUT2D eigenvalue weighted by Crippen LogP contribution is 2.30. The van der Waals surface area contributed by atoms with Gasteiger partial charge < -0.3 is 9.47 Å². The third-order valence-electron chi connectivity index (χ3n) is 5.31. The van der Waals surface area contributed by atoms with E-state index >= 15 is 0 Å². The summed E-state index contributed by atoms with van der Waals surface area (Å²) in [5.41, 5.74) is 1.65. The Hall–Kier alpha value is -2.65. The summed E-state index contributed by atoms with van der Waals surface area (Å²) in [5, 5.41) is 3.86. The third-order valence-corrected chi connectivity index (χ3v) is 5.31. The monoisotopic (exact) mass is 417 g/mol. The Kier molecular flexibility index (Phi) is 6.49. The molecule has 160 valence electrons. The molecule has 1 aliphatic heterocycles. The van der Waals surface area contributed by atoms with Crippen molar-refractivity contribution in [3.63, 3.8) is 0 Å². The van der Waals surface area contributed by atoms with E-state index in [2.05, 4.69) is 26.0 Å². The van der Waals surface area contributed by atoms with Crippen molar-refractivity contribution in [3.05, 3.63) is 53.6 Å². The summed E-state index contributed by atoms with van der Waals surface area (Å²) in [4.78, 5) is 10.8. The first kappa shape index (κ1) is 20.6. The molecular weight excluding hydrogens is 392 g/mol. The number of likely N-dealkylation sites (tertiary alicyclic amines) is 1. The topological polar surface area (TPSA) is 64.8 Å². The van der Waals surface area contributed by atoms with E-state index in [1.54, 1.807) is 7.11 Å². The van der Waals surface area contributed by atoms with E-state index in [1.165, 1.54) is 12.4 Å². The summed E-state index contributed by atoms with van der Waals surface area (Å²) in [6.45, 7) is 3.54. The molecule has 0 radical (unpaired) electrons. The molecule has 0 N–H and O–H groups in total. The number of hydrogen-bond donors (Lipinski definition) is 0. The van der Waals surface area contributed by atoms with Crippen LogP contribution in [0, 0.1) is 0 Å². The number of benzene rings is 1. The molecule has 3 aromatic rings. The van der Waals surface area contributed by atoms with Gasteiger partial charge in [0, 0.05) is 26.1 Å². The average molecular weight is 417 g/mol. The number of ether oxygens (including phenoxy) is 2. The highest BCUT2D eigenvalue weighted by atomic mass is 19.3. The second kappa shape index (κ2) is 9.44. The molecule has 0 amide bonds. The van der Waals surface area contributed by atoms with Gasteiger partial charge >= 0.3 is 0 Å². The number of nitrogens with zero attached hydrogens (tertiary/aromatic N) is 5. The Morgan fingerprint density at radius 3 is 2.97 bits per heavy atom. The fourth-order valence-corrected chi connectivity index (χ4v) is 3.89. The molecule has 2 aromatic heterocycles. The van der Waals surface area contributed by atoms with Gasteiger partial charge in [-0.3, -0.25) is 4.90 Å². The summed E-state index contributed by atoms with van der Waals surface area (Å²) in [6, 6.07) is 9.50. The van der Waals surface area contributed by atoms with E-state index in [-0.39, 0.29) is 17.4 Å². The second-order valence-corrected chi connectivity index (χ2v) is 7.44. The van der Waals surface area contributed by atoms with Crippen LogP contribution in [-0.4, -0.2) is 57.9 Å². The zero-order chi connectivity index (χ0) is 20.9. The van der Waals surface area contributed by atoms with Gasteiger partial charge in [-0.1, -0.05) is 12.1 Å². The zero-order valence-corrected chi connectivity index (χ0v) is 16.9. The van der Waals surface area contributed by atoms with Crippen molar-refractivity contribution in [1.29, 1.82) is 0 Å². The van der Waals surface area contributed by atoms with Crippen LogP contribution in [0.15, 0.2) is 36.7 Å². The van der Waals surface area contributed by atoms with Crippen LogP contribution in [0.5, 0.6) is 5.75 Å². The van der Waals surface area contributed by atoms with Gasteiger partial charge in [-0.15, -0.1) is 0 Å². The van der Waals surface area contributed by atoms with Gasteiger partial charge in [0.1, 0.15) is 24.4 Å². The van der Waals surface area contributed by atoms with Crippen LogP contribution in [0.25, 0.3) is 5.78 Å². The molecule has 9 heteroatoms. The maximum Gasteiger partial charge on any atom is 0.280 e. The minimum Gasteiger partial charge on any atom is -0.491 e. The molecule has 1 fully saturated rings. The number of piperidine rings is 1. The normalized spacial score (nSPS) is 17.7. The van der Waals surface area contributed by atoms with Crippen LogP contribution in [-0.2, 0) is 11.3 Å². The van der Waals surface area contributed by atoms with E-state index in [4.69, 9.17) is 9.47 Å². The molecule has 0 bridgehead atoms. The van der Waals surface area contributed by atoms with Crippen LogP contribution in [0.4, 0.5) is 8.78 Å². The predicted molar refractivity (Wildman–Crippen MR) is 107 cm³/mol. The molecule has 0 saturated carbocycles. The van der Waals surface area contributed by atoms with Crippen molar-refractivity contribution in [1.82, 2.24) is 24.5 Å². The summed E-state index contributed by atoms with van der Waals surface area (Å²) in [5.74, 6) is 1.12. The number of halogens is 2. The fraction of sp³-hybridized carbons (Fsp3) is 0.476. The molecule has 1 atom stereocenters. The average Bonchev–Trinajstić information content (AvgIpc) is 3.22. The molecule has 1 saturated heterocycles. The SMILES string of the molecule is COCCOc1cccc(CN2CCC[C@H](c3cc(C(F)F)n4ncnc4n3)C2)c1. The standard InChI is InChI=1S/C21H25F2N5O2/c1-29-8-9-30-17-6-2-4-15(10-17)12-27-7-3-5-16(13-27)18-11-19(20(22)23)28-21(26-18)24-14-25-28/h2,4,6,10-11,14,16,20H,3,5,7-9,12-13H2,1H3/t16-/m0/s1. The van der Waals surface area contributed by atoms with E-state index in [0.717, 1.165) is 48.3 Å². The zero-order valence-electron chi connectivity index (χ0n) is 16.9. The lowest BCUT2D eigenvalue weighted by atomic mass is 9.93. The van der Waals surface area contributed by atoms with Crippen molar-refractivity contribution in [2.24, 2.45) is 0 Å². The molecule has 1 aromatic carbocycles. The van der Waals surface area contributed by atoms with Gasteiger partial charge in [0.25, 0.3) is 12.2 Å². The minimum absolute atomic E-state index is 0.0825. The summed E-state index contributed by atoms with van der Waals surface area (Å²) >= 11 is 0. The van der Waals surface area contributed by atoms with Crippen molar-refractivity contribution < 1.29 is 18.3 Å². The Balaban J connectivity index is 1.46. The maximum absolute atomic E-state index is 13.5. The Bertz CT molecular complexity index is 981. The molecule has 0 spiro atoms. The number of hydrogen-bond acceptors (Lipinski definition) is 6. The Morgan fingerprint density at radius 2 is 2.13 bits per heavy atom. The first-order chi connectivity index (χ1) is 14.6. The van der Waals surface area contributed by atoms with Crippen molar-refractivity contribution in [2.45, 2.75) is 31.7 Å². The number of aromatic nitrogens is 4. The highest BCUT2D eigenvalue weighted by molar-refractivity contribution is 5.33. The van der Waals surface area contributed by atoms with Crippen LogP contribution in [0.1, 0.15) is 42.1 Å². The smallest absolute Gasteiger partial charge is 0.280 e. The number of methoxy groups -OCH3 is 1. The first-order valence-corrected chi connectivity index (χ1v) is 10.1. The highest BCUT2D eigenvalue weighted by Gasteiger charge is 2.25. The predicted octanol–water partition coefficient (Wildman–Crippen LogP) is 3.47. The van der Waals surface area contributed by atoms with Crippen molar-refractivity contribution in [2.75, 3.05) is 33.4 Å². The molecule has 3 heterocycles. The quantitative estimate of drug-likeness (QED) is 0.523. The number of fused-ring (bicyclic) bond motifs is 1. The third kappa shape index (κ3) is 4.73. The van der Waals surface area contributed by atoms with Crippen molar-refractivity contribution >= 4 is 5.78 Å². The molecule has 30 heavy (non-hydrogen) atoms. The summed E-state index contributed by atoms with van der Waals surface area (Å²) in [6.07, 6.45) is 0.526. The van der Waals surface area contributed by atoms with E-state index in [0.29, 0.717) is 18.9 Å². The van der Waals surface area contributed by atoms with Crippen molar-refractivity contribution in [3.8, 4) is 5.75 Å². The van der Waals surface area contributed by atoms with Gasteiger partial charge in [-0.05, 0) is 43.1 Å². The largest absolute Gasteiger partial charge is 0.491 e. The molecule has 4 rings (SSSR count). The van der Waals surface area contributed by atoms with Gasteiger partial charge in [-0.25, -0.2) is 13.8 Å². The van der Waals surface area contributed by atoms with E-state index < -0.39 is 6.43 Å². The molecule has 1 aliphatic rings. The van der Waals surface area contributed by atoms with Gasteiger partial charge in [0.05, 0.1) is 12.3 Å². The summed E-state index contributed by atoms with van der Waals surface area (Å²) < 4.78 is 38.8.